The van der Waals surface area contributed by atoms with Crippen LogP contribution in [0, 0.1) is 0 Å². The van der Waals surface area contributed by atoms with Gasteiger partial charge < -0.3 is 10.5 Å². The summed E-state index contributed by atoms with van der Waals surface area (Å²) in [7, 11) is 0. The van der Waals surface area contributed by atoms with Gasteiger partial charge in [-0.3, -0.25) is 0 Å². The minimum absolute atomic E-state index is 0.383. The molecule has 0 aliphatic heterocycles. The molecule has 0 aromatic carbocycles. The van der Waals surface area contributed by atoms with Gasteiger partial charge >= 0.3 is 0 Å². The third-order valence-electron chi connectivity index (χ3n) is 0.513. The molecule has 1 atom stereocenters. The van der Waals surface area contributed by atoms with Crippen molar-refractivity contribution < 1.29 is 4.74 Å². The zero-order valence-electron chi connectivity index (χ0n) is 4.64. The fraction of sp³-hybridized carbons (Fsp3) is 0.600. The molecule has 0 aromatic rings. The topological polar surface area (TPSA) is 35.2 Å². The van der Waals surface area contributed by atoms with Gasteiger partial charge in [-0.1, -0.05) is 6.08 Å². The van der Waals surface area contributed by atoms with Gasteiger partial charge in [-0.2, -0.15) is 0 Å². The first kappa shape index (κ1) is 7.95. The molecule has 8 heavy (non-hydrogen) atoms. The Hall–Kier alpha value is -0.0500. The molecule has 0 rings (SSSR count). The van der Waals surface area contributed by atoms with E-state index in [9.17, 15) is 0 Å². The van der Waals surface area contributed by atoms with E-state index >= 15 is 0 Å². The smallest absolute Gasteiger partial charge is 0.104 e. The van der Waals surface area contributed by atoms with Crippen molar-refractivity contribution in [3.63, 3.8) is 0 Å². The van der Waals surface area contributed by atoms with E-state index in [2.05, 4.69) is 6.58 Å². The lowest BCUT2D eigenvalue weighted by Crippen LogP contribution is -2.18. The van der Waals surface area contributed by atoms with Crippen molar-refractivity contribution in [2.75, 3.05) is 13.2 Å². The van der Waals surface area contributed by atoms with Crippen LogP contribution in [0.15, 0.2) is 12.7 Å². The van der Waals surface area contributed by atoms with Crippen LogP contribution in [0.1, 0.15) is 0 Å². The summed E-state index contributed by atoms with van der Waals surface area (Å²) in [4.78, 5) is 0. The fourth-order valence-corrected chi connectivity index (χ4v) is 0.353. The molecule has 0 fully saturated rings. The number of rotatable bonds is 4. The van der Waals surface area contributed by atoms with E-state index in [4.69, 9.17) is 22.1 Å². The van der Waals surface area contributed by atoms with Crippen LogP contribution >= 0.6 is 11.6 Å². The average molecular weight is 136 g/mol. The predicted molar refractivity (Wildman–Crippen MR) is 34.8 cm³/mol. The van der Waals surface area contributed by atoms with E-state index in [-0.39, 0.29) is 0 Å². The zero-order valence-corrected chi connectivity index (χ0v) is 5.40. The third kappa shape index (κ3) is 5.95. The van der Waals surface area contributed by atoms with E-state index in [1.165, 1.54) is 0 Å². The van der Waals surface area contributed by atoms with E-state index in [1.54, 1.807) is 6.08 Å². The first-order valence-electron chi connectivity index (χ1n) is 2.35. The Morgan fingerprint density at radius 3 is 2.88 bits per heavy atom. The second kappa shape index (κ2) is 5.09. The Morgan fingerprint density at radius 2 is 2.50 bits per heavy atom. The fourth-order valence-electron chi connectivity index (χ4n) is 0.264. The molecule has 1 unspecified atom stereocenters. The molecular weight excluding hydrogens is 126 g/mol. The van der Waals surface area contributed by atoms with Crippen molar-refractivity contribution in [2.45, 2.75) is 5.50 Å². The van der Waals surface area contributed by atoms with Crippen molar-refractivity contribution in [3.8, 4) is 0 Å². The SMILES string of the molecule is C=CCOCC(N)Cl. The van der Waals surface area contributed by atoms with Crippen LogP contribution in [0.5, 0.6) is 0 Å². The van der Waals surface area contributed by atoms with Gasteiger partial charge in [0.2, 0.25) is 0 Å². The maximum absolute atomic E-state index is 5.33. The Kier molecular flexibility index (Phi) is 5.06. The summed E-state index contributed by atoms with van der Waals surface area (Å²) in [6.45, 7) is 4.35. The van der Waals surface area contributed by atoms with Gasteiger partial charge in [0.25, 0.3) is 0 Å². The lowest BCUT2D eigenvalue weighted by Gasteiger charge is -2.00. The summed E-state index contributed by atoms with van der Waals surface area (Å²) >= 11 is 5.33. The van der Waals surface area contributed by atoms with Gasteiger partial charge in [-0.05, 0) is 0 Å². The molecule has 0 aromatic heterocycles. The van der Waals surface area contributed by atoms with E-state index in [0.717, 1.165) is 0 Å². The number of halogens is 1. The standard InChI is InChI=1S/C5H10ClNO/c1-2-3-8-4-5(6)7/h2,5H,1,3-4,7H2. The molecule has 2 nitrogen and oxygen atoms in total. The molecule has 2 N–H and O–H groups in total. The molecular formula is C5H10ClNO. The summed E-state index contributed by atoms with van der Waals surface area (Å²) in [5, 5.41) is 0. The zero-order chi connectivity index (χ0) is 6.41. The third-order valence-corrected chi connectivity index (χ3v) is 0.639. The molecule has 0 radical (unpaired) electrons. The Morgan fingerprint density at radius 1 is 1.88 bits per heavy atom. The van der Waals surface area contributed by atoms with Crippen LogP contribution in [0.25, 0.3) is 0 Å². The maximum atomic E-state index is 5.33. The maximum Gasteiger partial charge on any atom is 0.104 e. The largest absolute Gasteiger partial charge is 0.375 e. The molecule has 0 aliphatic carbocycles. The highest BCUT2D eigenvalue weighted by Gasteiger charge is 1.91. The highest BCUT2D eigenvalue weighted by Crippen LogP contribution is 1.85. The lowest BCUT2D eigenvalue weighted by atomic mass is 10.6. The van der Waals surface area contributed by atoms with Crippen LogP contribution in [0.4, 0.5) is 0 Å². The summed E-state index contributed by atoms with van der Waals surface area (Å²) < 4.78 is 4.87. The van der Waals surface area contributed by atoms with Crippen molar-refractivity contribution in [1.29, 1.82) is 0 Å². The Bertz CT molecular complexity index is 65.4. The van der Waals surface area contributed by atoms with Crippen molar-refractivity contribution in [2.24, 2.45) is 5.73 Å². The first-order valence-corrected chi connectivity index (χ1v) is 2.79. The van der Waals surface area contributed by atoms with Crippen LogP contribution < -0.4 is 5.73 Å². The molecule has 0 saturated carbocycles. The molecule has 0 bridgehead atoms. The molecule has 0 heterocycles. The second-order valence-electron chi connectivity index (χ2n) is 1.34. The van der Waals surface area contributed by atoms with Gasteiger partial charge in [0, 0.05) is 0 Å². The molecule has 0 amide bonds. The van der Waals surface area contributed by atoms with E-state index in [1.807, 2.05) is 0 Å². The number of ether oxygens (including phenoxy) is 1. The van der Waals surface area contributed by atoms with E-state index < -0.39 is 5.50 Å². The summed E-state index contributed by atoms with van der Waals surface area (Å²) in [6.07, 6.45) is 1.65. The Balaban J connectivity index is 2.81. The minimum Gasteiger partial charge on any atom is -0.375 e. The van der Waals surface area contributed by atoms with Gasteiger partial charge in [0.1, 0.15) is 5.50 Å². The van der Waals surface area contributed by atoms with Crippen LogP contribution in [-0.2, 0) is 4.74 Å². The predicted octanol–water partition coefficient (Wildman–Crippen LogP) is 0.713. The summed E-state index contributed by atoms with van der Waals surface area (Å²) in [5.41, 5.74) is 4.75. The molecule has 0 spiro atoms. The summed E-state index contributed by atoms with van der Waals surface area (Å²) in [6, 6.07) is 0. The second-order valence-corrected chi connectivity index (χ2v) is 1.90. The van der Waals surface area contributed by atoms with Crippen LogP contribution in [0.3, 0.4) is 0 Å². The van der Waals surface area contributed by atoms with Gasteiger partial charge in [0.15, 0.2) is 0 Å². The van der Waals surface area contributed by atoms with Gasteiger partial charge in [-0.15, -0.1) is 18.2 Å². The number of hydrogen-bond acceptors (Lipinski definition) is 2. The van der Waals surface area contributed by atoms with E-state index in [0.29, 0.717) is 13.2 Å². The monoisotopic (exact) mass is 135 g/mol. The first-order chi connectivity index (χ1) is 3.77. The van der Waals surface area contributed by atoms with Gasteiger partial charge in [-0.25, -0.2) is 0 Å². The Labute approximate surface area is 54.3 Å². The number of nitrogens with two attached hydrogens (primary N) is 1. The van der Waals surface area contributed by atoms with Crippen molar-refractivity contribution in [3.05, 3.63) is 12.7 Å². The highest BCUT2D eigenvalue weighted by atomic mass is 35.5. The average Bonchev–Trinajstić information content (AvgIpc) is 1.66. The van der Waals surface area contributed by atoms with Crippen LogP contribution in [0.2, 0.25) is 0 Å². The highest BCUT2D eigenvalue weighted by molar-refractivity contribution is 6.20. The minimum atomic E-state index is -0.394. The quantitative estimate of drug-likeness (QED) is 0.267. The number of alkyl halides is 1. The molecule has 0 aliphatic rings. The van der Waals surface area contributed by atoms with Crippen molar-refractivity contribution in [1.82, 2.24) is 0 Å². The molecule has 48 valence electrons. The molecule has 3 heteroatoms. The van der Waals surface area contributed by atoms with Crippen molar-refractivity contribution >= 4 is 11.6 Å². The molecule has 0 saturated heterocycles. The number of hydrogen-bond donors (Lipinski definition) is 1. The lowest BCUT2D eigenvalue weighted by molar-refractivity contribution is 0.163. The normalized spacial score (nSPS) is 13.2. The summed E-state index contributed by atoms with van der Waals surface area (Å²) in [5.74, 6) is 0. The van der Waals surface area contributed by atoms with Gasteiger partial charge in [0.05, 0.1) is 13.2 Å². The van der Waals surface area contributed by atoms with Crippen LogP contribution in [-0.4, -0.2) is 18.7 Å².